The number of hydrogen-bond donors (Lipinski definition) is 0. The van der Waals surface area contributed by atoms with Gasteiger partial charge < -0.3 is 9.64 Å². The van der Waals surface area contributed by atoms with Crippen LogP contribution in [0.15, 0.2) is 30.3 Å². The van der Waals surface area contributed by atoms with Crippen molar-refractivity contribution in [2.45, 2.75) is 77.8 Å². The quantitative estimate of drug-likeness (QED) is 0.570. The number of aryl methyl sites for hydroxylation is 1. The van der Waals surface area contributed by atoms with E-state index >= 15 is 0 Å². The zero-order valence-corrected chi connectivity index (χ0v) is 18.5. The molecule has 0 bridgehead atoms. The standard InChI is InChI=1S/C25H35NO4/c1-4-30-25(29)21(14-13-19-9-6-5-7-10-19)15-17(2)24(28)26-22-12-8-11-20(22)16-23(26)18(3)27/h5-7,9-10,17,20-23H,4,8,11-16H2,1-3H3. The average molecular weight is 414 g/mol. The molecule has 0 spiro atoms. The molecular weight excluding hydrogens is 378 g/mol. The number of ketones is 1. The molecule has 5 atom stereocenters. The summed E-state index contributed by atoms with van der Waals surface area (Å²) in [5.74, 6) is -0.293. The normalized spacial score (nSPS) is 24.9. The van der Waals surface area contributed by atoms with Gasteiger partial charge in [0.05, 0.1) is 18.6 Å². The van der Waals surface area contributed by atoms with Crippen molar-refractivity contribution in [2.24, 2.45) is 17.8 Å². The number of fused-ring (bicyclic) bond motifs is 1. The number of ether oxygens (including phenoxy) is 1. The van der Waals surface area contributed by atoms with E-state index in [0.717, 1.165) is 32.1 Å². The Morgan fingerprint density at radius 2 is 1.90 bits per heavy atom. The zero-order chi connectivity index (χ0) is 21.7. The molecule has 2 fully saturated rings. The maximum atomic E-state index is 13.4. The SMILES string of the molecule is CCOC(=O)C(CCc1ccccc1)CC(C)C(=O)N1C(C(C)=O)CC2CCCC21. The average Bonchev–Trinajstić information content (AvgIpc) is 3.32. The molecule has 2 aliphatic rings. The van der Waals surface area contributed by atoms with Gasteiger partial charge in [-0.15, -0.1) is 0 Å². The molecule has 1 aromatic rings. The molecular formula is C25H35NO4. The van der Waals surface area contributed by atoms with Crippen molar-refractivity contribution in [3.63, 3.8) is 0 Å². The Morgan fingerprint density at radius 3 is 2.57 bits per heavy atom. The highest BCUT2D eigenvalue weighted by atomic mass is 16.5. The predicted octanol–water partition coefficient (Wildman–Crippen LogP) is 4.18. The Labute approximate surface area is 180 Å². The van der Waals surface area contributed by atoms with Gasteiger partial charge in [-0.05, 0) is 63.9 Å². The van der Waals surface area contributed by atoms with Crippen LogP contribution < -0.4 is 0 Å². The summed E-state index contributed by atoms with van der Waals surface area (Å²) in [6.07, 6.45) is 5.91. The van der Waals surface area contributed by atoms with Crippen LogP contribution in [0, 0.1) is 17.8 Å². The first kappa shape index (κ1) is 22.5. The van der Waals surface area contributed by atoms with Crippen LogP contribution >= 0.6 is 0 Å². The third-order valence-electron chi connectivity index (χ3n) is 6.87. The number of likely N-dealkylation sites (tertiary alicyclic amines) is 1. The number of nitrogens with zero attached hydrogens (tertiary/aromatic N) is 1. The molecule has 0 aromatic heterocycles. The van der Waals surface area contributed by atoms with Crippen LogP contribution in [-0.4, -0.2) is 41.3 Å². The lowest BCUT2D eigenvalue weighted by Gasteiger charge is -2.32. The molecule has 1 saturated carbocycles. The third-order valence-corrected chi connectivity index (χ3v) is 6.87. The number of carbonyl (C=O) groups is 3. The highest BCUT2D eigenvalue weighted by molar-refractivity contribution is 5.89. The van der Waals surface area contributed by atoms with E-state index in [1.165, 1.54) is 5.56 Å². The van der Waals surface area contributed by atoms with Crippen LogP contribution in [0.3, 0.4) is 0 Å². The summed E-state index contributed by atoms with van der Waals surface area (Å²) in [6, 6.07) is 9.98. The first-order valence-electron chi connectivity index (χ1n) is 11.5. The Hall–Kier alpha value is -2.17. The Morgan fingerprint density at radius 1 is 1.17 bits per heavy atom. The van der Waals surface area contributed by atoms with Crippen LogP contribution in [0.1, 0.15) is 64.9 Å². The number of esters is 1. The van der Waals surface area contributed by atoms with E-state index < -0.39 is 0 Å². The van der Waals surface area contributed by atoms with Crippen LogP contribution in [0.25, 0.3) is 0 Å². The van der Waals surface area contributed by atoms with Gasteiger partial charge in [0.2, 0.25) is 5.91 Å². The van der Waals surface area contributed by atoms with E-state index in [9.17, 15) is 14.4 Å². The zero-order valence-electron chi connectivity index (χ0n) is 18.5. The molecule has 1 aromatic carbocycles. The monoisotopic (exact) mass is 413 g/mol. The van der Waals surface area contributed by atoms with Gasteiger partial charge in [-0.2, -0.15) is 0 Å². The summed E-state index contributed by atoms with van der Waals surface area (Å²) in [4.78, 5) is 40.1. The smallest absolute Gasteiger partial charge is 0.308 e. The van der Waals surface area contributed by atoms with E-state index in [0.29, 0.717) is 25.4 Å². The van der Waals surface area contributed by atoms with E-state index in [1.807, 2.05) is 36.9 Å². The number of amides is 1. The largest absolute Gasteiger partial charge is 0.466 e. The summed E-state index contributed by atoms with van der Waals surface area (Å²) in [6.45, 7) is 5.64. The lowest BCUT2D eigenvalue weighted by molar-refractivity contribution is -0.150. The van der Waals surface area contributed by atoms with Crippen LogP contribution in [0.5, 0.6) is 0 Å². The molecule has 1 heterocycles. The van der Waals surface area contributed by atoms with Gasteiger partial charge in [0.15, 0.2) is 5.78 Å². The topological polar surface area (TPSA) is 63.7 Å². The summed E-state index contributed by atoms with van der Waals surface area (Å²) >= 11 is 0. The van der Waals surface area contributed by atoms with E-state index in [-0.39, 0.29) is 41.6 Å². The van der Waals surface area contributed by atoms with Crippen LogP contribution in [0.2, 0.25) is 0 Å². The molecule has 5 unspecified atom stereocenters. The maximum Gasteiger partial charge on any atom is 0.308 e. The Kier molecular flexibility index (Phi) is 7.68. The highest BCUT2D eigenvalue weighted by Gasteiger charge is 2.48. The number of hydrogen-bond acceptors (Lipinski definition) is 4. The molecule has 0 radical (unpaired) electrons. The summed E-state index contributed by atoms with van der Waals surface area (Å²) in [7, 11) is 0. The van der Waals surface area contributed by atoms with E-state index in [1.54, 1.807) is 6.92 Å². The Balaban J connectivity index is 1.68. The fraction of sp³-hybridized carbons (Fsp3) is 0.640. The van der Waals surface area contributed by atoms with Crippen molar-refractivity contribution >= 4 is 17.7 Å². The molecule has 3 rings (SSSR count). The second-order valence-corrected chi connectivity index (χ2v) is 8.98. The van der Waals surface area contributed by atoms with Gasteiger partial charge in [0.25, 0.3) is 0 Å². The summed E-state index contributed by atoms with van der Waals surface area (Å²) < 4.78 is 5.31. The highest BCUT2D eigenvalue weighted by Crippen LogP contribution is 2.42. The number of benzene rings is 1. The molecule has 30 heavy (non-hydrogen) atoms. The lowest BCUT2D eigenvalue weighted by atomic mass is 9.89. The summed E-state index contributed by atoms with van der Waals surface area (Å²) in [5.41, 5.74) is 1.18. The van der Waals surface area contributed by atoms with Crippen molar-refractivity contribution in [3.05, 3.63) is 35.9 Å². The molecule has 5 heteroatoms. The van der Waals surface area contributed by atoms with Gasteiger partial charge >= 0.3 is 5.97 Å². The van der Waals surface area contributed by atoms with E-state index in [4.69, 9.17) is 4.74 Å². The van der Waals surface area contributed by atoms with Crippen LogP contribution in [-0.2, 0) is 25.5 Å². The lowest BCUT2D eigenvalue weighted by Crippen LogP contribution is -2.47. The first-order chi connectivity index (χ1) is 14.4. The molecule has 164 valence electrons. The van der Waals surface area contributed by atoms with Crippen molar-refractivity contribution in [2.75, 3.05) is 6.61 Å². The maximum absolute atomic E-state index is 13.4. The molecule has 1 amide bonds. The van der Waals surface area contributed by atoms with Gasteiger partial charge in [0, 0.05) is 12.0 Å². The van der Waals surface area contributed by atoms with Crippen molar-refractivity contribution in [1.29, 1.82) is 0 Å². The number of rotatable bonds is 9. The van der Waals surface area contributed by atoms with Crippen molar-refractivity contribution in [3.8, 4) is 0 Å². The molecule has 1 aliphatic heterocycles. The van der Waals surface area contributed by atoms with E-state index in [2.05, 4.69) is 12.1 Å². The molecule has 5 nitrogen and oxygen atoms in total. The predicted molar refractivity (Wildman–Crippen MR) is 116 cm³/mol. The van der Waals surface area contributed by atoms with Gasteiger partial charge in [-0.1, -0.05) is 43.7 Å². The first-order valence-corrected chi connectivity index (χ1v) is 11.5. The van der Waals surface area contributed by atoms with Gasteiger partial charge in [-0.3, -0.25) is 14.4 Å². The second-order valence-electron chi connectivity index (χ2n) is 8.98. The van der Waals surface area contributed by atoms with Crippen molar-refractivity contribution < 1.29 is 19.1 Å². The Bertz CT molecular complexity index is 747. The van der Waals surface area contributed by atoms with Gasteiger partial charge in [0.1, 0.15) is 0 Å². The minimum absolute atomic E-state index is 0.0265. The molecule has 1 saturated heterocycles. The summed E-state index contributed by atoms with van der Waals surface area (Å²) in [5, 5.41) is 0. The fourth-order valence-electron chi connectivity index (χ4n) is 5.33. The minimum atomic E-state index is -0.318. The fourth-order valence-corrected chi connectivity index (χ4v) is 5.33. The molecule has 0 N–H and O–H groups in total. The second kappa shape index (κ2) is 10.2. The molecule has 1 aliphatic carbocycles. The van der Waals surface area contributed by atoms with Gasteiger partial charge in [-0.25, -0.2) is 0 Å². The minimum Gasteiger partial charge on any atom is -0.466 e. The number of carbonyl (C=O) groups excluding carboxylic acids is 3. The van der Waals surface area contributed by atoms with Crippen molar-refractivity contribution in [1.82, 2.24) is 4.90 Å². The van der Waals surface area contributed by atoms with Crippen LogP contribution in [0.4, 0.5) is 0 Å². The third kappa shape index (κ3) is 5.11. The number of Topliss-reactive ketones (excluding diaryl/α,β-unsaturated/α-hetero) is 1.